The number of carboxylic acid groups (broad SMARTS) is 2. The van der Waals surface area contributed by atoms with Gasteiger partial charge in [-0.3, -0.25) is 4.98 Å². The second-order valence-electron chi connectivity index (χ2n) is 8.03. The zero-order valence-electron chi connectivity index (χ0n) is 21.2. The van der Waals surface area contributed by atoms with Gasteiger partial charge >= 0.3 is 24.3 Å². The monoisotopic (exact) mass is 588 g/mol. The van der Waals surface area contributed by atoms with Crippen LogP contribution in [0.2, 0.25) is 0 Å². The molecule has 3 N–H and O–H groups in total. The molecule has 10 nitrogen and oxygen atoms in total. The summed E-state index contributed by atoms with van der Waals surface area (Å²) in [5.41, 5.74) is 3.50. The normalized spacial score (nSPS) is 11.1. The zero-order chi connectivity index (χ0) is 30.8. The molecule has 0 aliphatic rings. The summed E-state index contributed by atoms with van der Waals surface area (Å²) < 4.78 is 75.4. The Balaban J connectivity index is 0.000000349. The maximum atomic E-state index is 10.6. The molecule has 0 fully saturated rings. The molecule has 4 aromatic rings. The lowest BCUT2D eigenvalue weighted by Crippen LogP contribution is -2.21. The minimum absolute atomic E-state index is 0.0294. The second kappa shape index (κ2) is 14.0. The lowest BCUT2D eigenvalue weighted by molar-refractivity contribution is -0.193. The van der Waals surface area contributed by atoms with E-state index < -0.39 is 24.3 Å². The summed E-state index contributed by atoms with van der Waals surface area (Å²) in [6.45, 7) is 4.46. The van der Waals surface area contributed by atoms with Crippen LogP contribution in [0.4, 0.5) is 26.3 Å². The number of aromatic nitrogens is 4. The summed E-state index contributed by atoms with van der Waals surface area (Å²) in [5, 5.41) is 14.2. The molecule has 220 valence electrons. The van der Waals surface area contributed by atoms with E-state index in [1.807, 2.05) is 56.3 Å². The molecule has 0 saturated heterocycles. The van der Waals surface area contributed by atoms with Crippen LogP contribution >= 0.6 is 0 Å². The van der Waals surface area contributed by atoms with Gasteiger partial charge in [-0.05, 0) is 55.8 Å². The molecule has 1 aromatic carbocycles. The number of carbonyl (C=O) groups is 2. The lowest BCUT2D eigenvalue weighted by Gasteiger charge is -2.15. The highest BCUT2D eigenvalue weighted by molar-refractivity contribution is 5.78. The van der Waals surface area contributed by atoms with Gasteiger partial charge in [0.2, 0.25) is 0 Å². The fourth-order valence-corrected chi connectivity index (χ4v) is 2.76. The van der Waals surface area contributed by atoms with Crippen molar-refractivity contribution in [2.45, 2.75) is 38.9 Å². The van der Waals surface area contributed by atoms with Crippen LogP contribution in [0.15, 0.2) is 61.1 Å². The molecule has 0 atom stereocenters. The van der Waals surface area contributed by atoms with Crippen LogP contribution in [-0.4, -0.2) is 60.5 Å². The molecule has 0 saturated carbocycles. The molecule has 0 aliphatic heterocycles. The van der Waals surface area contributed by atoms with Crippen LogP contribution in [0.25, 0.3) is 22.6 Å². The van der Waals surface area contributed by atoms with Gasteiger partial charge in [-0.1, -0.05) is 0 Å². The first-order valence-corrected chi connectivity index (χ1v) is 11.3. The summed E-state index contributed by atoms with van der Waals surface area (Å²) in [7, 11) is 0. The van der Waals surface area contributed by atoms with E-state index in [9.17, 15) is 26.3 Å². The summed E-state index contributed by atoms with van der Waals surface area (Å²) >= 11 is 0. The van der Waals surface area contributed by atoms with Crippen molar-refractivity contribution in [1.82, 2.24) is 19.9 Å². The van der Waals surface area contributed by atoms with Crippen LogP contribution < -0.4 is 9.47 Å². The number of carboxylic acids is 2. The molecule has 16 heteroatoms. The molecule has 0 amide bonds. The number of pyridine rings is 2. The summed E-state index contributed by atoms with van der Waals surface area (Å²) in [6.07, 6.45) is -4.90. The van der Waals surface area contributed by atoms with E-state index in [-0.39, 0.29) is 6.10 Å². The van der Waals surface area contributed by atoms with Gasteiger partial charge in [-0.15, -0.1) is 0 Å². The van der Waals surface area contributed by atoms with Crippen LogP contribution in [0, 0.1) is 0 Å². The smallest absolute Gasteiger partial charge is 0.490 e. The van der Waals surface area contributed by atoms with Crippen molar-refractivity contribution < 1.29 is 55.6 Å². The summed E-state index contributed by atoms with van der Waals surface area (Å²) in [6, 6.07) is 13.5. The maximum Gasteiger partial charge on any atom is 0.490 e. The first kappa shape index (κ1) is 32.3. The van der Waals surface area contributed by atoms with Gasteiger partial charge in [0.25, 0.3) is 0 Å². The van der Waals surface area contributed by atoms with E-state index in [0.29, 0.717) is 12.3 Å². The molecular weight excluding hydrogens is 566 g/mol. The Labute approximate surface area is 227 Å². The number of aromatic amines is 1. The molecule has 4 rings (SSSR count). The van der Waals surface area contributed by atoms with Crippen molar-refractivity contribution in [3.8, 4) is 22.9 Å². The number of halogens is 6. The van der Waals surface area contributed by atoms with E-state index >= 15 is 0 Å². The van der Waals surface area contributed by atoms with Crippen LogP contribution in [0.3, 0.4) is 0 Å². The number of hydrogen-bond donors (Lipinski definition) is 3. The van der Waals surface area contributed by atoms with Crippen molar-refractivity contribution in [3.63, 3.8) is 0 Å². The average molecular weight is 588 g/mol. The average Bonchev–Trinajstić information content (AvgIpc) is 3.31. The van der Waals surface area contributed by atoms with Crippen molar-refractivity contribution in [2.75, 3.05) is 0 Å². The van der Waals surface area contributed by atoms with Gasteiger partial charge in [-0.25, -0.2) is 19.6 Å². The van der Waals surface area contributed by atoms with Gasteiger partial charge in [0.1, 0.15) is 23.9 Å². The number of hydrogen-bond acceptors (Lipinski definition) is 7. The summed E-state index contributed by atoms with van der Waals surface area (Å²) in [5.74, 6) is -3.34. The van der Waals surface area contributed by atoms with Crippen molar-refractivity contribution in [2.24, 2.45) is 0 Å². The van der Waals surface area contributed by atoms with Crippen molar-refractivity contribution in [1.29, 1.82) is 0 Å². The first-order valence-electron chi connectivity index (χ1n) is 11.3. The fraction of sp³-hybridized carbons (Fsp3) is 0.240. The number of fused-ring (bicyclic) bond motifs is 1. The molecule has 0 bridgehead atoms. The standard InChI is InChI=1S/C21H20N4O2.2C2HF3O2/c1-14(2)27-19-12-16(26-13-15-7-10-22-11-8-15)5-6-17(19)20-24-18-4-3-9-23-21(18)25-20;2*3-2(4,5)1(6)7/h3-12,14H,13H2,1-2H3,(H,23,24,25);2*(H,6,7). The minimum Gasteiger partial charge on any atom is -0.490 e. The summed E-state index contributed by atoms with van der Waals surface area (Å²) in [4.78, 5) is 34.0. The molecule has 3 heterocycles. The topological polar surface area (TPSA) is 148 Å². The van der Waals surface area contributed by atoms with Gasteiger partial charge in [0.05, 0.1) is 17.2 Å². The number of nitrogens with one attached hydrogen (secondary N) is 1. The predicted molar refractivity (Wildman–Crippen MR) is 131 cm³/mol. The van der Waals surface area contributed by atoms with Crippen LogP contribution in [0.1, 0.15) is 19.4 Å². The molecular formula is C25H22F6N4O6. The largest absolute Gasteiger partial charge is 0.490 e. The molecule has 3 aromatic heterocycles. The molecule has 0 radical (unpaired) electrons. The Morgan fingerprint density at radius 2 is 1.51 bits per heavy atom. The van der Waals surface area contributed by atoms with E-state index in [0.717, 1.165) is 34.0 Å². The number of imidazole rings is 1. The number of alkyl halides is 6. The predicted octanol–water partition coefficient (Wildman–Crippen LogP) is 5.65. The number of ether oxygens (including phenoxy) is 2. The van der Waals surface area contributed by atoms with Crippen molar-refractivity contribution >= 4 is 23.1 Å². The molecule has 41 heavy (non-hydrogen) atoms. The number of rotatable bonds is 6. The Morgan fingerprint density at radius 3 is 2.02 bits per heavy atom. The first-order chi connectivity index (χ1) is 19.1. The highest BCUT2D eigenvalue weighted by Gasteiger charge is 2.38. The maximum absolute atomic E-state index is 10.6. The highest BCUT2D eigenvalue weighted by atomic mass is 19.4. The zero-order valence-corrected chi connectivity index (χ0v) is 21.2. The minimum atomic E-state index is -5.08. The van der Waals surface area contributed by atoms with E-state index in [1.54, 1.807) is 18.6 Å². The van der Waals surface area contributed by atoms with Gasteiger partial charge < -0.3 is 24.7 Å². The highest BCUT2D eigenvalue weighted by Crippen LogP contribution is 2.33. The fourth-order valence-electron chi connectivity index (χ4n) is 2.76. The second-order valence-corrected chi connectivity index (χ2v) is 8.03. The third kappa shape index (κ3) is 10.7. The number of aliphatic carboxylic acids is 2. The Hall–Kier alpha value is -4.89. The molecule has 0 unspecified atom stereocenters. The molecule has 0 spiro atoms. The third-order valence-corrected chi connectivity index (χ3v) is 4.47. The number of H-pyrrole nitrogens is 1. The van der Waals surface area contributed by atoms with Gasteiger partial charge in [-0.2, -0.15) is 26.3 Å². The lowest BCUT2D eigenvalue weighted by atomic mass is 10.1. The Kier molecular flexibility index (Phi) is 11.0. The number of benzene rings is 1. The van der Waals surface area contributed by atoms with Gasteiger partial charge in [0, 0.05) is 24.7 Å². The Bertz CT molecular complexity index is 1390. The SMILES string of the molecule is CC(C)Oc1cc(OCc2ccncc2)ccc1-c1nc2ncccc2[nH]1.O=C(O)C(F)(F)F.O=C(O)C(F)(F)F. The quantitative estimate of drug-likeness (QED) is 0.243. The van der Waals surface area contributed by atoms with E-state index in [1.165, 1.54) is 0 Å². The van der Waals surface area contributed by atoms with Crippen LogP contribution in [0.5, 0.6) is 11.5 Å². The van der Waals surface area contributed by atoms with E-state index in [2.05, 4.69) is 19.9 Å². The van der Waals surface area contributed by atoms with E-state index in [4.69, 9.17) is 29.3 Å². The third-order valence-electron chi connectivity index (χ3n) is 4.47. The Morgan fingerprint density at radius 1 is 0.927 bits per heavy atom. The molecule has 0 aliphatic carbocycles. The number of nitrogens with zero attached hydrogens (tertiary/aromatic N) is 3. The van der Waals surface area contributed by atoms with Gasteiger partial charge in [0.15, 0.2) is 5.65 Å². The van der Waals surface area contributed by atoms with Crippen molar-refractivity contribution in [3.05, 3.63) is 66.6 Å². The van der Waals surface area contributed by atoms with Crippen LogP contribution in [-0.2, 0) is 16.2 Å².